The summed E-state index contributed by atoms with van der Waals surface area (Å²) in [5.74, 6) is -1.83. The molecule has 0 unspecified atom stereocenters. The Morgan fingerprint density at radius 3 is 2.40 bits per heavy atom. The largest absolute Gasteiger partial charge is 0.480 e. The zero-order chi connectivity index (χ0) is 18.1. The van der Waals surface area contributed by atoms with Crippen LogP contribution >= 0.6 is 0 Å². The van der Waals surface area contributed by atoms with Gasteiger partial charge in [-0.15, -0.1) is 0 Å². The Labute approximate surface area is 146 Å². The molecule has 0 radical (unpaired) electrons. The Kier molecular flexibility index (Phi) is 7.36. The number of nitrogens with zero attached hydrogens (tertiary/aromatic N) is 2. The Balaban J connectivity index is 1.84. The Morgan fingerprint density at radius 2 is 1.76 bits per heavy atom. The first-order valence-corrected chi connectivity index (χ1v) is 8.17. The van der Waals surface area contributed by atoms with Crippen molar-refractivity contribution in [1.82, 2.24) is 15.1 Å². The number of benzene rings is 1. The molecule has 2 rings (SSSR count). The molecule has 1 amide bonds. The maximum absolute atomic E-state index is 12.3. The molecule has 1 aromatic rings. The fourth-order valence-corrected chi connectivity index (χ4v) is 2.53. The van der Waals surface area contributed by atoms with Crippen molar-refractivity contribution in [1.29, 1.82) is 0 Å². The lowest BCUT2D eigenvalue weighted by molar-refractivity contribution is -0.148. The summed E-state index contributed by atoms with van der Waals surface area (Å²) in [6.45, 7) is 1.96. The number of hydrogen-bond acceptors (Lipinski definition) is 6. The minimum absolute atomic E-state index is 0.117. The van der Waals surface area contributed by atoms with Crippen LogP contribution in [0.5, 0.6) is 0 Å². The minimum atomic E-state index is -1.09. The fraction of sp³-hybridized carbons (Fsp3) is 0.471. The standard InChI is InChI=1S/C17H23N3O5/c21-15(20-8-6-18-7-9-20)10-19(11-16(22)23)12-17(24)25-13-14-4-2-1-3-5-14/h1-5,18H,6-13H2,(H,22,23). The van der Waals surface area contributed by atoms with Gasteiger partial charge in [-0.3, -0.25) is 19.3 Å². The van der Waals surface area contributed by atoms with Gasteiger partial charge in [-0.25, -0.2) is 0 Å². The number of carboxylic acids is 1. The molecule has 0 aliphatic carbocycles. The molecule has 1 saturated heterocycles. The van der Waals surface area contributed by atoms with Gasteiger partial charge in [0.25, 0.3) is 0 Å². The first-order valence-electron chi connectivity index (χ1n) is 8.17. The molecule has 1 aliphatic rings. The van der Waals surface area contributed by atoms with E-state index in [1.807, 2.05) is 30.3 Å². The number of carbonyl (C=O) groups excluding carboxylic acids is 2. The van der Waals surface area contributed by atoms with Gasteiger partial charge in [0.2, 0.25) is 5.91 Å². The van der Waals surface area contributed by atoms with Crippen LogP contribution in [0.2, 0.25) is 0 Å². The van der Waals surface area contributed by atoms with Gasteiger partial charge in [0.1, 0.15) is 6.61 Å². The molecule has 2 N–H and O–H groups in total. The van der Waals surface area contributed by atoms with Crippen LogP contribution in [0.1, 0.15) is 5.56 Å². The van der Waals surface area contributed by atoms with Crippen molar-refractivity contribution in [3.8, 4) is 0 Å². The second-order valence-corrected chi connectivity index (χ2v) is 5.82. The minimum Gasteiger partial charge on any atom is -0.480 e. The first-order chi connectivity index (χ1) is 12.0. The summed E-state index contributed by atoms with van der Waals surface area (Å²) in [6, 6.07) is 9.20. The van der Waals surface area contributed by atoms with Crippen LogP contribution in [0.3, 0.4) is 0 Å². The second-order valence-electron chi connectivity index (χ2n) is 5.82. The van der Waals surface area contributed by atoms with Crippen LogP contribution < -0.4 is 5.32 Å². The predicted molar refractivity (Wildman–Crippen MR) is 89.8 cm³/mol. The van der Waals surface area contributed by atoms with Crippen molar-refractivity contribution < 1.29 is 24.2 Å². The summed E-state index contributed by atoms with van der Waals surface area (Å²) in [5.41, 5.74) is 0.845. The molecule has 1 aromatic carbocycles. The second kappa shape index (κ2) is 9.75. The van der Waals surface area contributed by atoms with Crippen LogP contribution in [-0.2, 0) is 25.7 Å². The van der Waals surface area contributed by atoms with E-state index >= 15 is 0 Å². The van der Waals surface area contributed by atoms with E-state index < -0.39 is 18.5 Å². The summed E-state index contributed by atoms with van der Waals surface area (Å²) < 4.78 is 5.16. The highest BCUT2D eigenvalue weighted by Gasteiger charge is 2.22. The average Bonchev–Trinajstić information content (AvgIpc) is 2.61. The van der Waals surface area contributed by atoms with E-state index in [9.17, 15) is 14.4 Å². The third-order valence-electron chi connectivity index (χ3n) is 3.78. The molecule has 1 aliphatic heterocycles. The van der Waals surface area contributed by atoms with Gasteiger partial charge in [-0.05, 0) is 5.56 Å². The van der Waals surface area contributed by atoms with E-state index in [0.29, 0.717) is 26.2 Å². The molecule has 1 fully saturated rings. The molecule has 0 aromatic heterocycles. The van der Waals surface area contributed by atoms with E-state index in [2.05, 4.69) is 5.32 Å². The third-order valence-corrected chi connectivity index (χ3v) is 3.78. The van der Waals surface area contributed by atoms with Crippen molar-refractivity contribution in [2.24, 2.45) is 0 Å². The molecule has 136 valence electrons. The van der Waals surface area contributed by atoms with E-state index in [4.69, 9.17) is 9.84 Å². The van der Waals surface area contributed by atoms with E-state index in [0.717, 1.165) is 5.56 Å². The molecular weight excluding hydrogens is 326 g/mol. The lowest BCUT2D eigenvalue weighted by Gasteiger charge is -2.29. The molecule has 0 spiro atoms. The maximum Gasteiger partial charge on any atom is 0.320 e. The normalized spacial score (nSPS) is 14.4. The summed E-state index contributed by atoms with van der Waals surface area (Å²) in [4.78, 5) is 38.2. The zero-order valence-corrected chi connectivity index (χ0v) is 14.0. The number of rotatable bonds is 8. The summed E-state index contributed by atoms with van der Waals surface area (Å²) in [6.07, 6.45) is 0. The first kappa shape index (κ1) is 18.9. The van der Waals surface area contributed by atoms with Crippen molar-refractivity contribution >= 4 is 17.8 Å². The van der Waals surface area contributed by atoms with Crippen LogP contribution in [0, 0.1) is 0 Å². The van der Waals surface area contributed by atoms with E-state index in [1.54, 1.807) is 4.90 Å². The van der Waals surface area contributed by atoms with Gasteiger partial charge < -0.3 is 20.1 Å². The highest BCUT2D eigenvalue weighted by molar-refractivity contribution is 5.81. The van der Waals surface area contributed by atoms with Crippen LogP contribution in [0.4, 0.5) is 0 Å². The number of aliphatic carboxylic acids is 1. The number of piperazine rings is 1. The molecule has 0 saturated carbocycles. The van der Waals surface area contributed by atoms with Gasteiger partial charge >= 0.3 is 11.9 Å². The van der Waals surface area contributed by atoms with Crippen LogP contribution in [0.25, 0.3) is 0 Å². The Morgan fingerprint density at radius 1 is 1.08 bits per heavy atom. The van der Waals surface area contributed by atoms with Crippen molar-refractivity contribution in [3.05, 3.63) is 35.9 Å². The lowest BCUT2D eigenvalue weighted by atomic mass is 10.2. The number of carbonyl (C=O) groups is 3. The van der Waals surface area contributed by atoms with Crippen LogP contribution in [0.15, 0.2) is 30.3 Å². The number of hydrogen-bond donors (Lipinski definition) is 2. The van der Waals surface area contributed by atoms with Gasteiger partial charge in [0.15, 0.2) is 0 Å². The van der Waals surface area contributed by atoms with Crippen molar-refractivity contribution in [2.75, 3.05) is 45.8 Å². The lowest BCUT2D eigenvalue weighted by Crippen LogP contribution is -2.50. The number of carboxylic acid groups (broad SMARTS) is 1. The topological polar surface area (TPSA) is 99.2 Å². The highest BCUT2D eigenvalue weighted by Crippen LogP contribution is 2.02. The number of amides is 1. The molecule has 0 atom stereocenters. The van der Waals surface area contributed by atoms with Gasteiger partial charge in [0.05, 0.1) is 19.6 Å². The van der Waals surface area contributed by atoms with Crippen LogP contribution in [-0.4, -0.2) is 78.6 Å². The number of esters is 1. The molecule has 0 bridgehead atoms. The molecule has 1 heterocycles. The van der Waals surface area contributed by atoms with Crippen molar-refractivity contribution in [2.45, 2.75) is 6.61 Å². The monoisotopic (exact) mass is 349 g/mol. The molecule has 8 heteroatoms. The Bertz CT molecular complexity index is 587. The quantitative estimate of drug-likeness (QED) is 0.613. The molecule has 25 heavy (non-hydrogen) atoms. The smallest absolute Gasteiger partial charge is 0.320 e. The van der Waals surface area contributed by atoms with E-state index in [-0.39, 0.29) is 25.6 Å². The molecular formula is C17H23N3O5. The van der Waals surface area contributed by atoms with Gasteiger partial charge in [-0.1, -0.05) is 30.3 Å². The van der Waals surface area contributed by atoms with Gasteiger partial charge in [-0.2, -0.15) is 0 Å². The summed E-state index contributed by atoms with van der Waals surface area (Å²) >= 11 is 0. The number of nitrogens with one attached hydrogen (secondary N) is 1. The summed E-state index contributed by atoms with van der Waals surface area (Å²) in [7, 11) is 0. The third kappa shape index (κ3) is 6.90. The summed E-state index contributed by atoms with van der Waals surface area (Å²) in [5, 5.41) is 12.1. The van der Waals surface area contributed by atoms with E-state index in [1.165, 1.54) is 4.90 Å². The Hall–Kier alpha value is -2.45. The zero-order valence-electron chi connectivity index (χ0n) is 14.0. The van der Waals surface area contributed by atoms with Gasteiger partial charge in [0, 0.05) is 26.2 Å². The fourth-order valence-electron chi connectivity index (χ4n) is 2.53. The SMILES string of the molecule is O=C(O)CN(CC(=O)OCc1ccccc1)CC(=O)N1CCNCC1. The molecule has 8 nitrogen and oxygen atoms in total. The van der Waals surface area contributed by atoms with Crippen molar-refractivity contribution in [3.63, 3.8) is 0 Å². The highest BCUT2D eigenvalue weighted by atomic mass is 16.5. The maximum atomic E-state index is 12.3. The number of ether oxygens (including phenoxy) is 1. The predicted octanol–water partition coefficient (Wildman–Crippen LogP) is -0.452. The average molecular weight is 349 g/mol.